The van der Waals surface area contributed by atoms with E-state index in [0.717, 1.165) is 0 Å². The van der Waals surface area contributed by atoms with Gasteiger partial charge in [-0.2, -0.15) is 0 Å². The zero-order chi connectivity index (χ0) is 16.0. The first-order valence-electron chi connectivity index (χ1n) is 7.06. The molecule has 0 fully saturated rings. The number of amides is 1. The zero-order valence-electron chi connectivity index (χ0n) is 13.1. The van der Waals surface area contributed by atoms with Crippen molar-refractivity contribution in [3.8, 4) is 5.75 Å². The molecule has 0 aromatic heterocycles. The first kappa shape index (κ1) is 15.6. The van der Waals surface area contributed by atoms with E-state index >= 15 is 0 Å². The van der Waals surface area contributed by atoms with E-state index in [-0.39, 0.29) is 5.75 Å². The van der Waals surface area contributed by atoms with Crippen LogP contribution in [0, 0.1) is 18.2 Å². The summed E-state index contributed by atoms with van der Waals surface area (Å²) in [5, 5.41) is 12.2. The Morgan fingerprint density at radius 1 is 1.48 bits per heavy atom. The molecule has 1 aliphatic carbocycles. The van der Waals surface area contributed by atoms with Gasteiger partial charge in [-0.15, -0.1) is 0 Å². The van der Waals surface area contributed by atoms with Crippen molar-refractivity contribution in [2.24, 2.45) is 5.41 Å². The molecule has 1 aliphatic rings. The molecule has 0 saturated carbocycles. The molecule has 4 nitrogen and oxygen atoms in total. The molecule has 1 aromatic rings. The van der Waals surface area contributed by atoms with Gasteiger partial charge in [0, 0.05) is 18.0 Å². The third-order valence-electron chi connectivity index (χ3n) is 4.38. The maximum atomic E-state index is 14.3. The predicted octanol–water partition coefficient (Wildman–Crippen LogP) is 3.38. The predicted molar refractivity (Wildman–Crippen MR) is 77.8 cm³/mol. The second-order valence-corrected chi connectivity index (χ2v) is 6.60. The number of ether oxygens (including phenoxy) is 1. The third kappa shape index (κ3) is 2.24. The highest BCUT2D eigenvalue weighted by Gasteiger charge is 2.52. The summed E-state index contributed by atoms with van der Waals surface area (Å²) in [6.45, 7) is 7.53. The van der Waals surface area contributed by atoms with Crippen molar-refractivity contribution >= 4 is 6.09 Å². The molecule has 1 aromatic carbocycles. The number of fused-ring (bicyclic) bond motifs is 1. The molecule has 0 aliphatic heterocycles. The minimum absolute atomic E-state index is 0.321. The van der Waals surface area contributed by atoms with Gasteiger partial charge in [0.2, 0.25) is 0 Å². The smallest absolute Gasteiger partial charge is 0.407 e. The number of rotatable bonds is 1. The summed E-state index contributed by atoms with van der Waals surface area (Å²) in [7, 11) is 1.50. The summed E-state index contributed by atoms with van der Waals surface area (Å²) in [5.74, 6) is -0.921. The van der Waals surface area contributed by atoms with Gasteiger partial charge in [-0.25, -0.2) is 9.18 Å². The molecule has 2 rings (SSSR count). The van der Waals surface area contributed by atoms with Gasteiger partial charge in [0.15, 0.2) is 11.6 Å². The molecule has 5 heteroatoms. The van der Waals surface area contributed by atoms with Crippen LogP contribution in [0.15, 0.2) is 6.07 Å². The SMILES string of the molecule is CNC(=O)OC1(C(C)(C)C)CCc2c1cc(C)c(O)c2F. The van der Waals surface area contributed by atoms with Crippen LogP contribution >= 0.6 is 0 Å². The van der Waals surface area contributed by atoms with Gasteiger partial charge in [-0.05, 0) is 37.0 Å². The van der Waals surface area contributed by atoms with Gasteiger partial charge in [0.1, 0.15) is 5.60 Å². The Morgan fingerprint density at radius 2 is 2.10 bits per heavy atom. The van der Waals surface area contributed by atoms with E-state index in [0.29, 0.717) is 29.5 Å². The van der Waals surface area contributed by atoms with Gasteiger partial charge >= 0.3 is 6.09 Å². The first-order valence-corrected chi connectivity index (χ1v) is 7.06. The quantitative estimate of drug-likeness (QED) is 0.835. The number of carbonyl (C=O) groups is 1. The van der Waals surface area contributed by atoms with Crippen molar-refractivity contribution in [3.05, 3.63) is 28.6 Å². The van der Waals surface area contributed by atoms with Crippen LogP contribution < -0.4 is 5.32 Å². The summed E-state index contributed by atoms with van der Waals surface area (Å²) in [4.78, 5) is 11.8. The average molecular weight is 295 g/mol. The Balaban J connectivity index is 2.66. The number of halogens is 1. The van der Waals surface area contributed by atoms with Crippen molar-refractivity contribution in [1.82, 2.24) is 5.32 Å². The third-order valence-corrected chi connectivity index (χ3v) is 4.38. The van der Waals surface area contributed by atoms with Gasteiger partial charge in [-0.1, -0.05) is 20.8 Å². The monoisotopic (exact) mass is 295 g/mol. The second kappa shape index (κ2) is 4.90. The number of alkyl carbamates (subject to hydrolysis) is 1. The van der Waals surface area contributed by atoms with E-state index in [2.05, 4.69) is 5.32 Å². The fourth-order valence-electron chi connectivity index (χ4n) is 3.09. The van der Waals surface area contributed by atoms with Gasteiger partial charge in [-0.3, -0.25) is 0 Å². The molecular weight excluding hydrogens is 273 g/mol. The maximum absolute atomic E-state index is 14.3. The van der Waals surface area contributed by atoms with Crippen molar-refractivity contribution in [1.29, 1.82) is 0 Å². The van der Waals surface area contributed by atoms with Crippen molar-refractivity contribution < 1.29 is 19.0 Å². The summed E-state index contributed by atoms with van der Waals surface area (Å²) in [5.41, 5.74) is 0.244. The Labute approximate surface area is 124 Å². The van der Waals surface area contributed by atoms with E-state index < -0.39 is 22.9 Å². The topological polar surface area (TPSA) is 58.6 Å². The number of phenols is 1. The highest BCUT2D eigenvalue weighted by atomic mass is 19.1. The molecule has 1 amide bonds. The van der Waals surface area contributed by atoms with Gasteiger partial charge in [0.05, 0.1) is 0 Å². The van der Waals surface area contributed by atoms with E-state index in [1.165, 1.54) is 7.05 Å². The van der Waals surface area contributed by atoms with E-state index in [9.17, 15) is 14.3 Å². The number of phenolic OH excluding ortho intramolecular Hbond substituents is 1. The van der Waals surface area contributed by atoms with E-state index in [1.807, 2.05) is 20.8 Å². The number of nitrogens with one attached hydrogen (secondary N) is 1. The molecule has 1 unspecified atom stereocenters. The Bertz CT molecular complexity index is 592. The van der Waals surface area contributed by atoms with Crippen LogP contribution in [0.2, 0.25) is 0 Å². The Kier molecular flexibility index (Phi) is 3.64. The molecule has 2 N–H and O–H groups in total. The highest BCUT2D eigenvalue weighted by molar-refractivity contribution is 5.68. The normalized spacial score (nSPS) is 21.0. The van der Waals surface area contributed by atoms with Crippen molar-refractivity contribution in [3.63, 3.8) is 0 Å². The zero-order valence-corrected chi connectivity index (χ0v) is 13.1. The fraction of sp³-hybridized carbons (Fsp3) is 0.562. The minimum atomic E-state index is -0.901. The van der Waals surface area contributed by atoms with Crippen LogP contribution in [-0.2, 0) is 16.8 Å². The highest BCUT2D eigenvalue weighted by Crippen LogP contribution is 2.53. The molecule has 116 valence electrons. The summed E-state index contributed by atoms with van der Waals surface area (Å²) < 4.78 is 20.0. The number of carbonyl (C=O) groups excluding carboxylic acids is 1. The maximum Gasteiger partial charge on any atom is 0.407 e. The number of aromatic hydroxyl groups is 1. The molecule has 0 radical (unpaired) electrons. The Morgan fingerprint density at radius 3 is 2.62 bits per heavy atom. The minimum Gasteiger partial charge on any atom is -0.505 e. The summed E-state index contributed by atoms with van der Waals surface area (Å²) in [6.07, 6.45) is 0.395. The van der Waals surface area contributed by atoms with Crippen LogP contribution in [0.25, 0.3) is 0 Å². The molecule has 0 saturated heterocycles. The molecule has 1 atom stereocenters. The van der Waals surface area contributed by atoms with Crippen LogP contribution in [0.4, 0.5) is 9.18 Å². The number of hydrogen-bond acceptors (Lipinski definition) is 3. The second-order valence-electron chi connectivity index (χ2n) is 6.60. The lowest BCUT2D eigenvalue weighted by atomic mass is 9.72. The van der Waals surface area contributed by atoms with Crippen molar-refractivity contribution in [2.75, 3.05) is 7.05 Å². The van der Waals surface area contributed by atoms with Crippen LogP contribution in [-0.4, -0.2) is 18.2 Å². The van der Waals surface area contributed by atoms with Crippen LogP contribution in [0.5, 0.6) is 5.75 Å². The van der Waals surface area contributed by atoms with Crippen LogP contribution in [0.1, 0.15) is 43.9 Å². The molecule has 0 bridgehead atoms. The molecular formula is C16H22FNO3. The van der Waals surface area contributed by atoms with Crippen molar-refractivity contribution in [2.45, 2.75) is 46.1 Å². The standard InChI is InChI=1S/C16H22FNO3/c1-9-8-11-10(12(17)13(9)19)6-7-16(11,15(2,3)4)21-14(20)18-5/h8,19H,6-7H2,1-5H3,(H,18,20). The fourth-order valence-corrected chi connectivity index (χ4v) is 3.09. The summed E-state index contributed by atoms with van der Waals surface area (Å²) in [6, 6.07) is 1.73. The molecule has 0 heterocycles. The van der Waals surface area contributed by atoms with E-state index in [1.54, 1.807) is 13.0 Å². The van der Waals surface area contributed by atoms with Gasteiger partial charge in [0.25, 0.3) is 0 Å². The largest absolute Gasteiger partial charge is 0.505 e. The van der Waals surface area contributed by atoms with E-state index in [4.69, 9.17) is 4.74 Å². The van der Waals surface area contributed by atoms with Crippen LogP contribution in [0.3, 0.4) is 0 Å². The Hall–Kier alpha value is -1.78. The van der Waals surface area contributed by atoms with Gasteiger partial charge < -0.3 is 15.2 Å². The number of aryl methyl sites for hydroxylation is 1. The lowest BCUT2D eigenvalue weighted by molar-refractivity contribution is -0.0722. The number of benzene rings is 1. The average Bonchev–Trinajstić information content (AvgIpc) is 2.75. The molecule has 0 spiro atoms. The molecule has 21 heavy (non-hydrogen) atoms. The number of hydrogen-bond donors (Lipinski definition) is 2. The first-order chi connectivity index (χ1) is 9.64. The lowest BCUT2D eigenvalue weighted by Gasteiger charge is -2.41. The lowest BCUT2D eigenvalue weighted by Crippen LogP contribution is -2.44. The summed E-state index contributed by atoms with van der Waals surface area (Å²) >= 11 is 0.